The van der Waals surface area contributed by atoms with Gasteiger partial charge in [-0.15, -0.1) is 0 Å². The monoisotopic (exact) mass is 333 g/mol. The van der Waals surface area contributed by atoms with E-state index < -0.39 is 4.92 Å². The number of nitrogens with one attached hydrogen (secondary N) is 1. The van der Waals surface area contributed by atoms with Crippen LogP contribution in [0, 0.1) is 16.0 Å². The van der Waals surface area contributed by atoms with E-state index in [4.69, 9.17) is 4.74 Å². The van der Waals surface area contributed by atoms with Crippen molar-refractivity contribution < 1.29 is 14.5 Å². The average Bonchev–Trinajstić information content (AvgIpc) is 3.14. The van der Waals surface area contributed by atoms with Gasteiger partial charge in [0.25, 0.3) is 5.69 Å². The molecule has 24 heavy (non-hydrogen) atoms. The molecule has 0 aromatic heterocycles. The first kappa shape index (κ1) is 16.7. The van der Waals surface area contributed by atoms with Crippen LogP contribution >= 0.6 is 0 Å². The van der Waals surface area contributed by atoms with E-state index in [1.807, 2.05) is 4.90 Å². The van der Waals surface area contributed by atoms with Crippen LogP contribution in [0.25, 0.3) is 0 Å². The van der Waals surface area contributed by atoms with Crippen LogP contribution in [0.5, 0.6) is 0 Å². The van der Waals surface area contributed by atoms with Crippen molar-refractivity contribution >= 4 is 11.7 Å². The van der Waals surface area contributed by atoms with Gasteiger partial charge in [0.2, 0.25) is 0 Å². The summed E-state index contributed by atoms with van der Waals surface area (Å²) < 4.78 is 5.75. The summed E-state index contributed by atoms with van der Waals surface area (Å²) >= 11 is 0. The van der Waals surface area contributed by atoms with E-state index in [9.17, 15) is 14.9 Å². The predicted molar refractivity (Wildman–Crippen MR) is 88.6 cm³/mol. The fourth-order valence-corrected chi connectivity index (χ4v) is 3.52. The molecule has 0 radical (unpaired) electrons. The Balaban J connectivity index is 1.46. The molecule has 2 fully saturated rings. The molecule has 3 rings (SSSR count). The Morgan fingerprint density at radius 3 is 2.79 bits per heavy atom. The molecule has 2 heterocycles. The maximum Gasteiger partial charge on any atom is 0.317 e. The van der Waals surface area contributed by atoms with E-state index in [2.05, 4.69) is 5.32 Å². The van der Waals surface area contributed by atoms with E-state index in [-0.39, 0.29) is 11.7 Å². The number of piperidine rings is 1. The summed E-state index contributed by atoms with van der Waals surface area (Å²) in [6, 6.07) is 6.24. The van der Waals surface area contributed by atoms with E-state index in [0.29, 0.717) is 18.6 Å². The lowest BCUT2D eigenvalue weighted by molar-refractivity contribution is -0.384. The molecule has 2 aliphatic heterocycles. The number of carbonyl (C=O) groups excluding carboxylic acids is 1. The molecule has 0 bridgehead atoms. The van der Waals surface area contributed by atoms with Gasteiger partial charge >= 0.3 is 6.03 Å². The van der Waals surface area contributed by atoms with Crippen LogP contribution in [0.3, 0.4) is 0 Å². The van der Waals surface area contributed by atoms with Crippen molar-refractivity contribution in [3.8, 4) is 0 Å². The van der Waals surface area contributed by atoms with Gasteiger partial charge in [0.15, 0.2) is 0 Å². The summed E-state index contributed by atoms with van der Waals surface area (Å²) in [7, 11) is 0. The maximum atomic E-state index is 12.3. The molecule has 1 N–H and O–H groups in total. The normalized spacial score (nSPS) is 21.7. The van der Waals surface area contributed by atoms with Crippen molar-refractivity contribution in [3.05, 3.63) is 39.9 Å². The van der Waals surface area contributed by atoms with E-state index >= 15 is 0 Å². The quantitative estimate of drug-likeness (QED) is 0.678. The number of hydrogen-bond donors (Lipinski definition) is 1. The Labute approximate surface area is 141 Å². The topological polar surface area (TPSA) is 84.7 Å². The highest BCUT2D eigenvalue weighted by atomic mass is 16.6. The van der Waals surface area contributed by atoms with Gasteiger partial charge in [0, 0.05) is 38.4 Å². The molecular weight excluding hydrogens is 310 g/mol. The summed E-state index contributed by atoms with van der Waals surface area (Å²) in [5.74, 6) is 0.563. The second-order valence-electron chi connectivity index (χ2n) is 6.46. The molecule has 0 unspecified atom stereocenters. The van der Waals surface area contributed by atoms with Crippen LogP contribution in [0.1, 0.15) is 31.2 Å². The van der Waals surface area contributed by atoms with Crippen molar-refractivity contribution in [2.24, 2.45) is 5.92 Å². The molecule has 1 aromatic rings. The number of benzene rings is 1. The molecule has 2 amide bonds. The third-order valence-corrected chi connectivity index (χ3v) is 4.88. The van der Waals surface area contributed by atoms with Crippen LogP contribution < -0.4 is 5.32 Å². The Hall–Kier alpha value is -2.15. The minimum atomic E-state index is -0.429. The summed E-state index contributed by atoms with van der Waals surface area (Å²) in [6.45, 7) is 2.65. The van der Waals surface area contributed by atoms with Crippen molar-refractivity contribution in [2.75, 3.05) is 19.7 Å². The molecule has 130 valence electrons. The second kappa shape index (κ2) is 7.61. The van der Waals surface area contributed by atoms with E-state index in [1.54, 1.807) is 12.1 Å². The Bertz CT molecular complexity index is 593. The molecule has 0 aliphatic carbocycles. The molecule has 0 spiro atoms. The summed E-state index contributed by atoms with van der Waals surface area (Å²) in [4.78, 5) is 24.4. The minimum absolute atomic E-state index is 0.0409. The Kier molecular flexibility index (Phi) is 5.30. The van der Waals surface area contributed by atoms with Crippen molar-refractivity contribution in [2.45, 2.75) is 38.3 Å². The zero-order valence-electron chi connectivity index (χ0n) is 13.6. The average molecular weight is 333 g/mol. The number of nitro groups is 1. The first-order valence-corrected chi connectivity index (χ1v) is 8.51. The summed E-state index contributed by atoms with van der Waals surface area (Å²) in [5.41, 5.74) is 0.769. The zero-order chi connectivity index (χ0) is 16.9. The number of ether oxygens (including phenoxy) is 1. The van der Waals surface area contributed by atoms with Crippen LogP contribution in [-0.4, -0.2) is 41.7 Å². The third-order valence-electron chi connectivity index (χ3n) is 4.88. The van der Waals surface area contributed by atoms with Gasteiger partial charge in [-0.25, -0.2) is 4.79 Å². The van der Waals surface area contributed by atoms with Crippen molar-refractivity contribution in [1.29, 1.82) is 0 Å². The zero-order valence-corrected chi connectivity index (χ0v) is 13.6. The molecule has 7 heteroatoms. The summed E-state index contributed by atoms with van der Waals surface area (Å²) in [6.07, 6.45) is 4.63. The number of rotatable bonds is 4. The number of nitro benzene ring substituents is 1. The van der Waals surface area contributed by atoms with Crippen LogP contribution in [-0.2, 0) is 11.3 Å². The largest absolute Gasteiger partial charge is 0.378 e. The lowest BCUT2D eigenvalue weighted by Gasteiger charge is -2.34. The minimum Gasteiger partial charge on any atom is -0.378 e. The van der Waals surface area contributed by atoms with Crippen molar-refractivity contribution in [3.63, 3.8) is 0 Å². The summed E-state index contributed by atoms with van der Waals surface area (Å²) in [5, 5.41) is 13.6. The van der Waals surface area contributed by atoms with Gasteiger partial charge in [-0.1, -0.05) is 12.1 Å². The number of likely N-dealkylation sites (tertiary alicyclic amines) is 1. The lowest BCUT2D eigenvalue weighted by Crippen LogP contribution is -2.45. The smallest absolute Gasteiger partial charge is 0.317 e. The first-order valence-electron chi connectivity index (χ1n) is 8.51. The predicted octanol–water partition coefficient (Wildman–Crippen LogP) is 2.70. The molecular formula is C17H23N3O4. The molecule has 2 saturated heterocycles. The molecule has 1 aromatic carbocycles. The highest BCUT2D eigenvalue weighted by Gasteiger charge is 2.30. The first-order chi connectivity index (χ1) is 11.6. The molecule has 2 aliphatic rings. The Morgan fingerprint density at radius 2 is 2.12 bits per heavy atom. The van der Waals surface area contributed by atoms with Gasteiger partial charge in [-0.3, -0.25) is 10.1 Å². The number of urea groups is 1. The highest BCUT2D eigenvalue weighted by Crippen LogP contribution is 2.28. The number of carbonyl (C=O) groups is 1. The maximum absolute atomic E-state index is 12.3. The van der Waals surface area contributed by atoms with Crippen LogP contribution in [0.4, 0.5) is 10.5 Å². The van der Waals surface area contributed by atoms with Crippen LogP contribution in [0.15, 0.2) is 24.3 Å². The second-order valence-corrected chi connectivity index (χ2v) is 6.46. The van der Waals surface area contributed by atoms with E-state index in [0.717, 1.165) is 50.9 Å². The lowest BCUT2D eigenvalue weighted by atomic mass is 9.90. The van der Waals surface area contributed by atoms with Gasteiger partial charge in [0.05, 0.1) is 11.0 Å². The number of hydrogen-bond acceptors (Lipinski definition) is 4. The standard InChI is InChI=1S/C17H23N3O4/c21-17(18-12-13-3-1-4-15(11-13)20(22)23)19-8-6-14(7-9-19)16-5-2-10-24-16/h1,3-4,11,14,16H,2,5-10,12H2,(H,18,21)/t16-/m1/s1. The van der Waals surface area contributed by atoms with Gasteiger partial charge < -0.3 is 15.0 Å². The molecule has 0 saturated carbocycles. The third kappa shape index (κ3) is 4.03. The number of amides is 2. The van der Waals surface area contributed by atoms with Gasteiger partial charge in [-0.05, 0) is 37.2 Å². The van der Waals surface area contributed by atoms with Gasteiger partial charge in [0.1, 0.15) is 0 Å². The van der Waals surface area contributed by atoms with E-state index in [1.165, 1.54) is 12.1 Å². The molecule has 7 nitrogen and oxygen atoms in total. The number of nitrogens with zero attached hydrogens (tertiary/aromatic N) is 2. The van der Waals surface area contributed by atoms with Crippen LogP contribution in [0.2, 0.25) is 0 Å². The SMILES string of the molecule is O=C(NCc1cccc([N+](=O)[O-])c1)N1CCC([C@H]2CCCO2)CC1. The fourth-order valence-electron chi connectivity index (χ4n) is 3.52. The Morgan fingerprint density at radius 1 is 1.33 bits per heavy atom. The van der Waals surface area contributed by atoms with Gasteiger partial charge in [-0.2, -0.15) is 0 Å². The number of non-ortho nitro benzene ring substituents is 1. The van der Waals surface area contributed by atoms with Crippen molar-refractivity contribution in [1.82, 2.24) is 10.2 Å². The highest BCUT2D eigenvalue weighted by molar-refractivity contribution is 5.74. The molecule has 1 atom stereocenters. The fraction of sp³-hybridized carbons (Fsp3) is 0.588.